The molecule has 0 aliphatic carbocycles. The zero-order chi connectivity index (χ0) is 13.9. The second-order valence-corrected chi connectivity index (χ2v) is 4.73. The second-order valence-electron chi connectivity index (χ2n) is 4.73. The van der Waals surface area contributed by atoms with E-state index in [9.17, 15) is 13.2 Å². The Labute approximate surface area is 111 Å². The van der Waals surface area contributed by atoms with Gasteiger partial charge in [-0.3, -0.25) is 4.90 Å². The lowest BCUT2D eigenvalue weighted by Crippen LogP contribution is -2.36. The van der Waals surface area contributed by atoms with Crippen molar-refractivity contribution >= 4 is 0 Å². The highest BCUT2D eigenvalue weighted by atomic mass is 19.4. The summed E-state index contributed by atoms with van der Waals surface area (Å²) in [6.45, 7) is 4.75. The Morgan fingerprint density at radius 1 is 1.21 bits per heavy atom. The number of halogens is 3. The van der Waals surface area contributed by atoms with Gasteiger partial charge in [0, 0.05) is 19.6 Å². The molecule has 1 heterocycles. The van der Waals surface area contributed by atoms with Crippen molar-refractivity contribution in [2.75, 3.05) is 26.3 Å². The van der Waals surface area contributed by atoms with E-state index in [1.54, 1.807) is 12.1 Å². The minimum Gasteiger partial charge on any atom is -0.379 e. The molecule has 5 heteroatoms. The zero-order valence-electron chi connectivity index (χ0n) is 11.0. The average Bonchev–Trinajstić information content (AvgIpc) is 2.39. The van der Waals surface area contributed by atoms with Crippen LogP contribution in [0.25, 0.3) is 0 Å². The largest absolute Gasteiger partial charge is 0.416 e. The molecule has 1 aromatic carbocycles. The maximum absolute atomic E-state index is 13.1. The third kappa shape index (κ3) is 3.70. The summed E-state index contributed by atoms with van der Waals surface area (Å²) < 4.78 is 44.4. The summed E-state index contributed by atoms with van der Waals surface area (Å²) in [6, 6.07) is 4.66. The third-order valence-electron chi connectivity index (χ3n) is 3.39. The molecule has 0 aromatic heterocycles. The topological polar surface area (TPSA) is 12.5 Å². The molecule has 0 saturated carbocycles. The van der Waals surface area contributed by atoms with Gasteiger partial charge < -0.3 is 4.74 Å². The van der Waals surface area contributed by atoms with Crippen LogP contribution >= 0.6 is 0 Å². The Balaban J connectivity index is 2.23. The Kier molecular flexibility index (Phi) is 4.47. The fourth-order valence-corrected chi connectivity index (χ4v) is 2.25. The minimum atomic E-state index is -4.28. The number of nitrogens with zero attached hydrogens (tertiary/aromatic N) is 1. The Morgan fingerprint density at radius 2 is 1.89 bits per heavy atom. The first-order valence-electron chi connectivity index (χ1n) is 6.50. The van der Waals surface area contributed by atoms with Gasteiger partial charge in [0.05, 0.1) is 18.8 Å². The van der Waals surface area contributed by atoms with Crippen LogP contribution in [0.5, 0.6) is 0 Å². The summed E-state index contributed by atoms with van der Waals surface area (Å²) in [4.78, 5) is 2.00. The molecular formula is C14H18F3NO. The van der Waals surface area contributed by atoms with Crippen LogP contribution in [0.1, 0.15) is 23.6 Å². The molecule has 1 fully saturated rings. The Hall–Kier alpha value is -1.07. The monoisotopic (exact) mass is 273 g/mol. The van der Waals surface area contributed by atoms with Crippen molar-refractivity contribution in [2.24, 2.45) is 0 Å². The summed E-state index contributed by atoms with van der Waals surface area (Å²) in [5, 5.41) is 0. The number of hydrogen-bond donors (Lipinski definition) is 0. The maximum atomic E-state index is 13.1. The molecule has 1 saturated heterocycles. The van der Waals surface area contributed by atoms with E-state index >= 15 is 0 Å². The van der Waals surface area contributed by atoms with E-state index in [-0.39, 0.29) is 0 Å². The molecule has 0 radical (unpaired) electrons. The molecule has 0 spiro atoms. The SMILES string of the molecule is CCc1ccc(CN2CCOCC2)c(C(F)(F)F)c1. The van der Waals surface area contributed by atoms with Gasteiger partial charge in [0.2, 0.25) is 0 Å². The quantitative estimate of drug-likeness (QED) is 0.839. The van der Waals surface area contributed by atoms with Crippen LogP contribution in [0.2, 0.25) is 0 Å². The Bertz CT molecular complexity index is 425. The van der Waals surface area contributed by atoms with Crippen molar-refractivity contribution in [3.63, 3.8) is 0 Å². The molecule has 0 atom stereocenters. The fourth-order valence-electron chi connectivity index (χ4n) is 2.25. The predicted octanol–water partition coefficient (Wildman–Crippen LogP) is 3.10. The lowest BCUT2D eigenvalue weighted by atomic mass is 10.0. The molecular weight excluding hydrogens is 255 g/mol. The van der Waals surface area contributed by atoms with Crippen LogP contribution in [-0.4, -0.2) is 31.2 Å². The highest BCUT2D eigenvalue weighted by Crippen LogP contribution is 2.33. The molecule has 19 heavy (non-hydrogen) atoms. The highest BCUT2D eigenvalue weighted by molar-refractivity contribution is 5.34. The summed E-state index contributed by atoms with van der Waals surface area (Å²) in [5.74, 6) is 0. The fraction of sp³-hybridized carbons (Fsp3) is 0.571. The third-order valence-corrected chi connectivity index (χ3v) is 3.39. The number of rotatable bonds is 3. The van der Waals surface area contributed by atoms with Gasteiger partial charge in [-0.05, 0) is 23.6 Å². The van der Waals surface area contributed by atoms with Crippen LogP contribution < -0.4 is 0 Å². The maximum Gasteiger partial charge on any atom is 0.416 e. The number of ether oxygens (including phenoxy) is 1. The Morgan fingerprint density at radius 3 is 2.47 bits per heavy atom. The molecule has 106 valence electrons. The summed E-state index contributed by atoms with van der Waals surface area (Å²) in [6.07, 6.45) is -3.67. The summed E-state index contributed by atoms with van der Waals surface area (Å²) >= 11 is 0. The number of hydrogen-bond acceptors (Lipinski definition) is 2. The molecule has 0 N–H and O–H groups in total. The first-order chi connectivity index (χ1) is 9.00. The van der Waals surface area contributed by atoms with Crippen molar-refractivity contribution in [3.8, 4) is 0 Å². The van der Waals surface area contributed by atoms with Crippen molar-refractivity contribution in [2.45, 2.75) is 26.1 Å². The van der Waals surface area contributed by atoms with Gasteiger partial charge >= 0.3 is 6.18 Å². The smallest absolute Gasteiger partial charge is 0.379 e. The van der Waals surface area contributed by atoms with Crippen molar-refractivity contribution in [1.82, 2.24) is 4.90 Å². The van der Waals surface area contributed by atoms with E-state index in [4.69, 9.17) is 4.74 Å². The number of morpholine rings is 1. The van der Waals surface area contributed by atoms with Crippen molar-refractivity contribution < 1.29 is 17.9 Å². The van der Waals surface area contributed by atoms with Gasteiger partial charge in [0.1, 0.15) is 0 Å². The molecule has 1 aliphatic rings. The molecule has 0 amide bonds. The molecule has 1 aliphatic heterocycles. The summed E-state index contributed by atoms with van der Waals surface area (Å²) in [7, 11) is 0. The zero-order valence-corrected chi connectivity index (χ0v) is 11.0. The highest BCUT2D eigenvalue weighted by Gasteiger charge is 2.33. The lowest BCUT2D eigenvalue weighted by Gasteiger charge is -2.27. The molecule has 2 nitrogen and oxygen atoms in total. The van der Waals surface area contributed by atoms with Crippen LogP contribution in [-0.2, 0) is 23.9 Å². The van der Waals surface area contributed by atoms with Crippen molar-refractivity contribution in [3.05, 3.63) is 34.9 Å². The number of alkyl halides is 3. The van der Waals surface area contributed by atoms with Gasteiger partial charge in [0.25, 0.3) is 0 Å². The van der Waals surface area contributed by atoms with Gasteiger partial charge in [0.15, 0.2) is 0 Å². The van der Waals surface area contributed by atoms with Gasteiger partial charge in [-0.15, -0.1) is 0 Å². The normalized spacial score (nSPS) is 17.7. The first-order valence-corrected chi connectivity index (χ1v) is 6.50. The summed E-state index contributed by atoms with van der Waals surface area (Å²) in [5.41, 5.74) is 0.572. The second kappa shape index (κ2) is 5.92. The minimum absolute atomic E-state index is 0.336. The lowest BCUT2D eigenvalue weighted by molar-refractivity contribution is -0.138. The standard InChI is InChI=1S/C14H18F3NO/c1-2-11-3-4-12(13(9-11)14(15,16)17)10-18-5-7-19-8-6-18/h3-4,9H,2,5-8,10H2,1H3. The van der Waals surface area contributed by atoms with Gasteiger partial charge in [-0.2, -0.15) is 13.2 Å². The molecule has 0 unspecified atom stereocenters. The number of aryl methyl sites for hydroxylation is 1. The van der Waals surface area contributed by atoms with Crippen LogP contribution in [0, 0.1) is 0 Å². The van der Waals surface area contributed by atoms with Crippen LogP contribution in [0.4, 0.5) is 13.2 Å². The van der Waals surface area contributed by atoms with Crippen molar-refractivity contribution in [1.29, 1.82) is 0 Å². The van der Waals surface area contributed by atoms with E-state index < -0.39 is 11.7 Å². The van der Waals surface area contributed by atoms with Gasteiger partial charge in [-0.1, -0.05) is 19.1 Å². The predicted molar refractivity (Wildman–Crippen MR) is 66.9 cm³/mol. The average molecular weight is 273 g/mol. The van der Waals surface area contributed by atoms with Crippen LogP contribution in [0.15, 0.2) is 18.2 Å². The van der Waals surface area contributed by atoms with Gasteiger partial charge in [-0.25, -0.2) is 0 Å². The molecule has 0 bridgehead atoms. The van der Waals surface area contributed by atoms with E-state index in [1.165, 1.54) is 6.07 Å². The first kappa shape index (κ1) is 14.3. The molecule has 1 aromatic rings. The number of benzene rings is 1. The van der Waals surface area contributed by atoms with E-state index in [0.29, 0.717) is 44.8 Å². The van der Waals surface area contributed by atoms with E-state index in [0.717, 1.165) is 5.56 Å². The van der Waals surface area contributed by atoms with E-state index in [1.807, 2.05) is 11.8 Å². The van der Waals surface area contributed by atoms with Crippen LogP contribution in [0.3, 0.4) is 0 Å². The molecule has 2 rings (SSSR count). The van der Waals surface area contributed by atoms with E-state index in [2.05, 4.69) is 0 Å².